The molecule has 0 radical (unpaired) electrons. The molecule has 3 aromatic rings. The van der Waals surface area contributed by atoms with Crippen LogP contribution < -0.4 is 5.63 Å². The summed E-state index contributed by atoms with van der Waals surface area (Å²) in [5.41, 5.74) is 1.60. The van der Waals surface area contributed by atoms with E-state index in [0.717, 1.165) is 11.1 Å². The molecule has 0 bridgehead atoms. The fraction of sp³-hybridized carbons (Fsp3) is 0.118. The van der Waals surface area contributed by atoms with Gasteiger partial charge >= 0.3 is 5.63 Å². The van der Waals surface area contributed by atoms with Crippen LogP contribution in [0.5, 0.6) is 0 Å². The number of rotatable bonds is 3. The van der Waals surface area contributed by atoms with Crippen molar-refractivity contribution in [3.63, 3.8) is 0 Å². The van der Waals surface area contributed by atoms with E-state index in [9.17, 15) is 13.6 Å². The second kappa shape index (κ2) is 5.48. The molecule has 0 unspecified atom stereocenters. The molecule has 3 rings (SSSR count). The zero-order valence-corrected chi connectivity index (χ0v) is 11.1. The van der Waals surface area contributed by atoms with E-state index in [2.05, 4.69) is 0 Å². The lowest BCUT2D eigenvalue weighted by Crippen LogP contribution is -2.02. The fourth-order valence-electron chi connectivity index (χ4n) is 2.34. The van der Waals surface area contributed by atoms with Gasteiger partial charge < -0.3 is 4.42 Å². The molecule has 106 valence electrons. The summed E-state index contributed by atoms with van der Waals surface area (Å²) in [6.07, 6.45) is 1.19. The summed E-state index contributed by atoms with van der Waals surface area (Å²) in [7, 11) is 0. The summed E-state index contributed by atoms with van der Waals surface area (Å²) in [6.45, 7) is 0. The van der Waals surface area contributed by atoms with E-state index in [0.29, 0.717) is 23.8 Å². The Morgan fingerprint density at radius 3 is 2.33 bits per heavy atom. The van der Waals surface area contributed by atoms with Gasteiger partial charge in [0.15, 0.2) is 0 Å². The number of hydrogen-bond donors (Lipinski definition) is 0. The van der Waals surface area contributed by atoms with Crippen LogP contribution in [0.4, 0.5) is 8.78 Å². The molecule has 2 nitrogen and oxygen atoms in total. The van der Waals surface area contributed by atoms with Crippen LogP contribution in [-0.2, 0) is 12.8 Å². The van der Waals surface area contributed by atoms with Crippen LogP contribution >= 0.6 is 0 Å². The Hall–Kier alpha value is -2.49. The second-order valence-corrected chi connectivity index (χ2v) is 4.86. The quantitative estimate of drug-likeness (QED) is 0.684. The molecule has 0 aliphatic rings. The SMILES string of the molecule is O=c1cc(CCc2ccc(F)cc2)c2cc(F)ccc2o1. The maximum Gasteiger partial charge on any atom is 0.336 e. The van der Waals surface area contributed by atoms with Gasteiger partial charge in [-0.1, -0.05) is 12.1 Å². The summed E-state index contributed by atoms with van der Waals surface area (Å²) < 4.78 is 31.3. The van der Waals surface area contributed by atoms with Gasteiger partial charge in [0.25, 0.3) is 0 Å². The van der Waals surface area contributed by atoms with Crippen LogP contribution in [0.15, 0.2) is 57.7 Å². The molecular weight excluding hydrogens is 274 g/mol. The van der Waals surface area contributed by atoms with Gasteiger partial charge in [0.05, 0.1) is 0 Å². The van der Waals surface area contributed by atoms with Crippen molar-refractivity contribution < 1.29 is 13.2 Å². The second-order valence-electron chi connectivity index (χ2n) is 4.86. The standard InChI is InChI=1S/C17H12F2O2/c18-13-5-2-11(3-6-13)1-4-12-9-17(20)21-16-8-7-14(19)10-15(12)16/h2-3,5-10H,1,4H2. The lowest BCUT2D eigenvalue weighted by Gasteiger charge is -2.06. The molecule has 0 amide bonds. The highest BCUT2D eigenvalue weighted by atomic mass is 19.1. The number of halogens is 2. The molecule has 0 aliphatic carbocycles. The molecule has 0 saturated carbocycles. The third-order valence-electron chi connectivity index (χ3n) is 3.39. The molecule has 2 aromatic carbocycles. The van der Waals surface area contributed by atoms with Gasteiger partial charge in [0, 0.05) is 11.5 Å². The van der Waals surface area contributed by atoms with Crippen molar-refractivity contribution in [1.82, 2.24) is 0 Å². The third kappa shape index (κ3) is 2.99. The van der Waals surface area contributed by atoms with E-state index in [1.165, 1.54) is 36.4 Å². The predicted octanol–water partition coefficient (Wildman–Crippen LogP) is 3.86. The van der Waals surface area contributed by atoms with Crippen molar-refractivity contribution in [2.75, 3.05) is 0 Å². The van der Waals surface area contributed by atoms with Crippen molar-refractivity contribution in [2.24, 2.45) is 0 Å². The van der Waals surface area contributed by atoms with Crippen molar-refractivity contribution in [2.45, 2.75) is 12.8 Å². The molecule has 0 N–H and O–H groups in total. The minimum atomic E-state index is -0.455. The first-order valence-corrected chi connectivity index (χ1v) is 6.58. The van der Waals surface area contributed by atoms with Crippen LogP contribution in [0.25, 0.3) is 11.0 Å². The van der Waals surface area contributed by atoms with Gasteiger partial charge in [0.1, 0.15) is 17.2 Å². The number of benzene rings is 2. The molecule has 0 atom stereocenters. The average molecular weight is 286 g/mol. The van der Waals surface area contributed by atoms with Crippen molar-refractivity contribution in [3.8, 4) is 0 Å². The van der Waals surface area contributed by atoms with Gasteiger partial charge in [0.2, 0.25) is 0 Å². The summed E-state index contributed by atoms with van der Waals surface area (Å²) in [6, 6.07) is 11.6. The van der Waals surface area contributed by atoms with E-state index in [-0.39, 0.29) is 11.6 Å². The Morgan fingerprint density at radius 2 is 1.57 bits per heavy atom. The molecule has 1 aromatic heterocycles. The van der Waals surface area contributed by atoms with Gasteiger partial charge in [-0.15, -0.1) is 0 Å². The van der Waals surface area contributed by atoms with Gasteiger partial charge in [-0.2, -0.15) is 0 Å². The minimum absolute atomic E-state index is 0.286. The van der Waals surface area contributed by atoms with Gasteiger partial charge in [-0.05, 0) is 54.3 Å². The van der Waals surface area contributed by atoms with Crippen molar-refractivity contribution >= 4 is 11.0 Å². The highest BCUT2D eigenvalue weighted by Gasteiger charge is 2.07. The summed E-state index contributed by atoms with van der Waals surface area (Å²) in [4.78, 5) is 11.5. The smallest absolute Gasteiger partial charge is 0.336 e. The lowest BCUT2D eigenvalue weighted by molar-refractivity contribution is 0.556. The first kappa shape index (κ1) is 13.5. The van der Waals surface area contributed by atoms with Crippen molar-refractivity contribution in [1.29, 1.82) is 0 Å². The van der Waals surface area contributed by atoms with Crippen LogP contribution in [0.1, 0.15) is 11.1 Å². The Kier molecular flexibility index (Phi) is 3.52. The summed E-state index contributed by atoms with van der Waals surface area (Å²) in [5.74, 6) is -0.661. The van der Waals surface area contributed by atoms with Gasteiger partial charge in [-0.25, -0.2) is 13.6 Å². The van der Waals surface area contributed by atoms with Crippen LogP contribution in [0.3, 0.4) is 0 Å². The Labute approximate surface area is 119 Å². The number of hydrogen-bond acceptors (Lipinski definition) is 2. The first-order valence-electron chi connectivity index (χ1n) is 6.58. The summed E-state index contributed by atoms with van der Waals surface area (Å²) in [5, 5.41) is 0.594. The molecule has 21 heavy (non-hydrogen) atoms. The molecule has 0 aliphatic heterocycles. The molecule has 4 heteroatoms. The Bertz CT molecular complexity index is 836. The van der Waals surface area contributed by atoms with Crippen LogP contribution in [0.2, 0.25) is 0 Å². The average Bonchev–Trinajstić information content (AvgIpc) is 2.47. The normalized spacial score (nSPS) is 11.0. The first-order chi connectivity index (χ1) is 10.1. The molecular formula is C17H12F2O2. The highest BCUT2D eigenvalue weighted by molar-refractivity contribution is 5.80. The van der Waals surface area contributed by atoms with Crippen LogP contribution in [-0.4, -0.2) is 0 Å². The molecule has 0 spiro atoms. The zero-order valence-electron chi connectivity index (χ0n) is 11.1. The van der Waals surface area contributed by atoms with Crippen molar-refractivity contribution in [3.05, 3.63) is 81.7 Å². The Morgan fingerprint density at radius 1 is 0.857 bits per heavy atom. The highest BCUT2D eigenvalue weighted by Crippen LogP contribution is 2.20. The maximum absolute atomic E-state index is 13.4. The minimum Gasteiger partial charge on any atom is -0.423 e. The van der Waals surface area contributed by atoms with Gasteiger partial charge in [-0.3, -0.25) is 0 Å². The topological polar surface area (TPSA) is 30.2 Å². The maximum atomic E-state index is 13.4. The predicted molar refractivity (Wildman–Crippen MR) is 76.3 cm³/mol. The summed E-state index contributed by atoms with van der Waals surface area (Å²) >= 11 is 0. The monoisotopic (exact) mass is 286 g/mol. The Balaban J connectivity index is 1.94. The van der Waals surface area contributed by atoms with E-state index >= 15 is 0 Å². The zero-order chi connectivity index (χ0) is 14.8. The third-order valence-corrected chi connectivity index (χ3v) is 3.39. The van der Waals surface area contributed by atoms with Crippen LogP contribution in [0, 0.1) is 11.6 Å². The van der Waals surface area contributed by atoms with E-state index < -0.39 is 5.63 Å². The van der Waals surface area contributed by atoms with E-state index in [1.807, 2.05) is 0 Å². The largest absolute Gasteiger partial charge is 0.423 e. The molecule has 1 heterocycles. The molecule has 0 fully saturated rings. The van der Waals surface area contributed by atoms with E-state index in [4.69, 9.17) is 4.42 Å². The number of fused-ring (bicyclic) bond motifs is 1. The number of aryl methyl sites for hydroxylation is 2. The lowest BCUT2D eigenvalue weighted by atomic mass is 10.0. The molecule has 0 saturated heterocycles. The van der Waals surface area contributed by atoms with E-state index in [1.54, 1.807) is 12.1 Å². The fourth-order valence-corrected chi connectivity index (χ4v) is 2.34.